The van der Waals surface area contributed by atoms with Crippen molar-refractivity contribution < 1.29 is 0 Å². The van der Waals surface area contributed by atoms with Crippen LogP contribution in [0.15, 0.2) is 55.4 Å². The smallest absolute Gasteiger partial charge is 0.158 e. The average Bonchev–Trinajstić information content (AvgIpc) is 2.78. The van der Waals surface area contributed by atoms with Gasteiger partial charge in [0, 0.05) is 18.0 Å². The number of nitrogens with one attached hydrogen (secondary N) is 1. The molecular formula is C13H15N3. The Kier molecular flexibility index (Phi) is 3.05. The molecule has 2 rings (SSSR count). The second-order valence-electron chi connectivity index (χ2n) is 3.64. The van der Waals surface area contributed by atoms with Gasteiger partial charge in [-0.15, -0.1) is 6.58 Å². The first-order valence-electron chi connectivity index (χ1n) is 5.29. The second kappa shape index (κ2) is 4.66. The minimum absolute atomic E-state index is 0.205. The van der Waals surface area contributed by atoms with E-state index < -0.39 is 0 Å². The quantitative estimate of drug-likeness (QED) is 0.791. The van der Waals surface area contributed by atoms with Crippen molar-refractivity contribution >= 4 is 0 Å². The minimum atomic E-state index is 0.205. The Bertz CT molecular complexity index is 459. The van der Waals surface area contributed by atoms with E-state index in [1.165, 1.54) is 0 Å². The molecule has 0 aliphatic rings. The summed E-state index contributed by atoms with van der Waals surface area (Å²) in [7, 11) is 0. The van der Waals surface area contributed by atoms with Crippen molar-refractivity contribution in [2.75, 3.05) is 5.43 Å². The Balaban J connectivity index is 2.29. The molecule has 3 nitrogen and oxygen atoms in total. The van der Waals surface area contributed by atoms with Gasteiger partial charge >= 0.3 is 0 Å². The van der Waals surface area contributed by atoms with Gasteiger partial charge in [0.15, 0.2) is 5.82 Å². The van der Waals surface area contributed by atoms with Crippen molar-refractivity contribution in [3.05, 3.63) is 55.4 Å². The van der Waals surface area contributed by atoms with Gasteiger partial charge in [0.05, 0.1) is 6.04 Å². The van der Waals surface area contributed by atoms with E-state index in [0.29, 0.717) is 0 Å². The monoisotopic (exact) mass is 213 g/mol. The van der Waals surface area contributed by atoms with Crippen LogP contribution in [0.1, 0.15) is 6.92 Å². The molecule has 1 unspecified atom stereocenters. The molecule has 2 aromatic rings. The van der Waals surface area contributed by atoms with Crippen LogP contribution < -0.4 is 5.43 Å². The number of benzene rings is 1. The van der Waals surface area contributed by atoms with Gasteiger partial charge < -0.3 is 5.43 Å². The molecule has 0 aliphatic carbocycles. The van der Waals surface area contributed by atoms with Crippen LogP contribution >= 0.6 is 0 Å². The summed E-state index contributed by atoms with van der Waals surface area (Å²) in [5, 5.41) is 0. The van der Waals surface area contributed by atoms with Crippen LogP contribution in [0, 0.1) is 0 Å². The molecule has 0 fully saturated rings. The summed E-state index contributed by atoms with van der Waals surface area (Å²) in [5.74, 6) is 0.911. The Morgan fingerprint density at radius 3 is 2.81 bits per heavy atom. The second-order valence-corrected chi connectivity index (χ2v) is 3.64. The van der Waals surface area contributed by atoms with Crippen LogP contribution in [0.4, 0.5) is 0 Å². The van der Waals surface area contributed by atoms with Gasteiger partial charge in [0.2, 0.25) is 0 Å². The van der Waals surface area contributed by atoms with Crippen molar-refractivity contribution in [3.8, 4) is 11.4 Å². The fourth-order valence-electron chi connectivity index (χ4n) is 1.48. The van der Waals surface area contributed by atoms with Crippen LogP contribution in [0.2, 0.25) is 0 Å². The van der Waals surface area contributed by atoms with Crippen molar-refractivity contribution in [2.45, 2.75) is 13.0 Å². The third kappa shape index (κ3) is 2.14. The maximum atomic E-state index is 4.34. The largest absolute Gasteiger partial charge is 0.318 e. The van der Waals surface area contributed by atoms with E-state index in [4.69, 9.17) is 0 Å². The predicted molar refractivity (Wildman–Crippen MR) is 66.7 cm³/mol. The maximum Gasteiger partial charge on any atom is 0.158 e. The lowest BCUT2D eigenvalue weighted by molar-refractivity contribution is 0.790. The van der Waals surface area contributed by atoms with Crippen molar-refractivity contribution in [3.63, 3.8) is 0 Å². The topological polar surface area (TPSA) is 29.9 Å². The zero-order chi connectivity index (χ0) is 11.4. The third-order valence-electron chi connectivity index (χ3n) is 2.37. The number of aromatic nitrogens is 2. The van der Waals surface area contributed by atoms with E-state index in [2.05, 4.69) is 17.0 Å². The van der Waals surface area contributed by atoms with Crippen LogP contribution in [-0.2, 0) is 0 Å². The molecule has 0 aliphatic heterocycles. The van der Waals surface area contributed by atoms with Crippen LogP contribution in [-0.4, -0.2) is 15.7 Å². The van der Waals surface area contributed by atoms with Gasteiger partial charge in [0.25, 0.3) is 0 Å². The Morgan fingerprint density at radius 1 is 1.38 bits per heavy atom. The third-order valence-corrected chi connectivity index (χ3v) is 2.37. The van der Waals surface area contributed by atoms with Gasteiger partial charge in [0.1, 0.15) is 0 Å². The van der Waals surface area contributed by atoms with Crippen molar-refractivity contribution in [1.82, 2.24) is 9.66 Å². The highest BCUT2D eigenvalue weighted by atomic mass is 15.4. The van der Waals surface area contributed by atoms with E-state index in [9.17, 15) is 0 Å². The molecule has 0 saturated carbocycles. The molecule has 0 spiro atoms. The first-order valence-corrected chi connectivity index (χ1v) is 5.29. The molecule has 0 bridgehead atoms. The molecule has 16 heavy (non-hydrogen) atoms. The molecule has 1 N–H and O–H groups in total. The number of nitrogens with zero attached hydrogens (tertiary/aromatic N) is 2. The molecule has 1 aromatic carbocycles. The molecule has 82 valence electrons. The summed E-state index contributed by atoms with van der Waals surface area (Å²) in [4.78, 5) is 4.34. The normalized spacial score (nSPS) is 12.1. The Morgan fingerprint density at radius 2 is 2.12 bits per heavy atom. The lowest BCUT2D eigenvalue weighted by Gasteiger charge is -2.14. The highest BCUT2D eigenvalue weighted by Crippen LogP contribution is 2.15. The van der Waals surface area contributed by atoms with Crippen molar-refractivity contribution in [1.29, 1.82) is 0 Å². The molecule has 1 atom stereocenters. The SMILES string of the molecule is C=CC(C)Nn1ccnc1-c1ccccc1. The summed E-state index contributed by atoms with van der Waals surface area (Å²) < 4.78 is 1.92. The van der Waals surface area contributed by atoms with Crippen LogP contribution in [0.5, 0.6) is 0 Å². The number of imidazole rings is 1. The fraction of sp³-hybridized carbons (Fsp3) is 0.154. The van der Waals surface area contributed by atoms with Crippen LogP contribution in [0.3, 0.4) is 0 Å². The lowest BCUT2D eigenvalue weighted by Crippen LogP contribution is -2.23. The number of hydrogen-bond donors (Lipinski definition) is 1. The van der Waals surface area contributed by atoms with Gasteiger partial charge in [-0.2, -0.15) is 0 Å². The summed E-state index contributed by atoms with van der Waals surface area (Å²) in [6, 6.07) is 10.3. The highest BCUT2D eigenvalue weighted by Gasteiger charge is 2.05. The zero-order valence-electron chi connectivity index (χ0n) is 9.30. The van der Waals surface area contributed by atoms with Gasteiger partial charge in [-0.3, -0.25) is 0 Å². The molecule has 1 heterocycles. The predicted octanol–water partition coefficient (Wildman–Crippen LogP) is 2.67. The number of rotatable bonds is 4. The number of hydrogen-bond acceptors (Lipinski definition) is 2. The van der Waals surface area contributed by atoms with Crippen molar-refractivity contribution in [2.24, 2.45) is 0 Å². The van der Waals surface area contributed by atoms with E-state index in [1.807, 2.05) is 54.2 Å². The first-order chi connectivity index (χ1) is 7.81. The van der Waals surface area contributed by atoms with Gasteiger partial charge in [-0.1, -0.05) is 36.4 Å². The molecule has 1 aromatic heterocycles. The summed E-state index contributed by atoms with van der Waals surface area (Å²) in [6.07, 6.45) is 5.54. The Labute approximate surface area is 95.4 Å². The molecule has 0 amide bonds. The molecule has 3 heteroatoms. The zero-order valence-corrected chi connectivity index (χ0v) is 9.30. The standard InChI is InChI=1S/C13H15N3/c1-3-11(2)15-16-10-9-14-13(16)12-7-5-4-6-8-12/h3-11,15H,1H2,2H3. The maximum absolute atomic E-state index is 4.34. The van der Waals surface area contributed by atoms with Gasteiger partial charge in [-0.05, 0) is 6.92 Å². The fourth-order valence-corrected chi connectivity index (χ4v) is 1.48. The molecular weight excluding hydrogens is 198 g/mol. The average molecular weight is 213 g/mol. The molecule has 0 saturated heterocycles. The van der Waals surface area contributed by atoms with E-state index >= 15 is 0 Å². The molecule has 0 radical (unpaired) electrons. The minimum Gasteiger partial charge on any atom is -0.318 e. The van der Waals surface area contributed by atoms with Crippen LogP contribution in [0.25, 0.3) is 11.4 Å². The summed E-state index contributed by atoms with van der Waals surface area (Å²) in [6.45, 7) is 5.79. The Hall–Kier alpha value is -2.03. The van der Waals surface area contributed by atoms with E-state index in [-0.39, 0.29) is 6.04 Å². The summed E-state index contributed by atoms with van der Waals surface area (Å²) >= 11 is 0. The summed E-state index contributed by atoms with van der Waals surface area (Å²) in [5.41, 5.74) is 4.37. The van der Waals surface area contributed by atoms with Gasteiger partial charge in [-0.25, -0.2) is 9.66 Å². The first kappa shape index (κ1) is 10.5. The lowest BCUT2D eigenvalue weighted by atomic mass is 10.2. The van der Waals surface area contributed by atoms with E-state index in [0.717, 1.165) is 11.4 Å². The van der Waals surface area contributed by atoms with E-state index in [1.54, 1.807) is 6.20 Å². The highest BCUT2D eigenvalue weighted by molar-refractivity contribution is 5.55.